The van der Waals surface area contributed by atoms with Crippen LogP contribution >= 0.6 is 23.2 Å². The highest BCUT2D eigenvalue weighted by Crippen LogP contribution is 2.33. The Bertz CT molecular complexity index is 1700. The molecule has 0 saturated heterocycles. The summed E-state index contributed by atoms with van der Waals surface area (Å²) in [5, 5.41) is 4.61. The van der Waals surface area contributed by atoms with Gasteiger partial charge in [-0.05, 0) is 37.8 Å². The van der Waals surface area contributed by atoms with Crippen molar-refractivity contribution >= 4 is 81.6 Å². The van der Waals surface area contributed by atoms with Crippen molar-refractivity contribution in [2.24, 2.45) is 21.5 Å². The molecule has 14 N–H and O–H groups in total. The largest absolute Gasteiger partial charge is 0.382 e. The summed E-state index contributed by atoms with van der Waals surface area (Å²) in [6.07, 6.45) is 3.36. The number of anilines is 6. The second-order valence-electron chi connectivity index (χ2n) is 10.6. The molecular weight excluding hydrogens is 663 g/mol. The van der Waals surface area contributed by atoms with E-state index in [1.165, 1.54) is 0 Å². The number of amides is 2. The van der Waals surface area contributed by atoms with E-state index in [0.717, 1.165) is 56.8 Å². The monoisotopic (exact) mass is 700 g/mol. The van der Waals surface area contributed by atoms with Crippen LogP contribution in [0.1, 0.15) is 46.7 Å². The van der Waals surface area contributed by atoms with Gasteiger partial charge in [-0.25, -0.2) is 19.9 Å². The Morgan fingerprint density at radius 1 is 0.667 bits per heavy atom. The zero-order valence-corrected chi connectivity index (χ0v) is 27.5. The van der Waals surface area contributed by atoms with Crippen LogP contribution in [0.15, 0.2) is 34.3 Å². The lowest BCUT2D eigenvalue weighted by atomic mass is 10.1. The van der Waals surface area contributed by atoms with Crippen molar-refractivity contribution in [1.82, 2.24) is 30.6 Å². The summed E-state index contributed by atoms with van der Waals surface area (Å²) in [7, 11) is 0. The number of nitrogen functional groups attached to an aromatic ring is 4. The second-order valence-corrected chi connectivity index (χ2v) is 11.3. The quantitative estimate of drug-likeness (QED) is 0.0728. The third-order valence-electron chi connectivity index (χ3n) is 7.16. The number of nitrogens with zero attached hydrogens (tertiary/aromatic N) is 8. The molecule has 0 atom stereocenters. The number of para-hydroxylation sites is 2. The summed E-state index contributed by atoms with van der Waals surface area (Å²) >= 11 is 11.7. The highest BCUT2D eigenvalue weighted by atomic mass is 35.5. The molecule has 0 fully saturated rings. The number of carbonyl (C=O) groups is 2. The van der Waals surface area contributed by atoms with Gasteiger partial charge in [-0.2, -0.15) is 0 Å². The molecule has 0 spiro atoms. The zero-order chi connectivity index (χ0) is 34.8. The summed E-state index contributed by atoms with van der Waals surface area (Å²) in [4.78, 5) is 53.2. The van der Waals surface area contributed by atoms with Crippen LogP contribution < -0.4 is 54.8 Å². The molecule has 0 bridgehead atoms. The van der Waals surface area contributed by atoms with Crippen LogP contribution in [0.3, 0.4) is 0 Å². The van der Waals surface area contributed by atoms with E-state index in [-0.39, 0.29) is 56.9 Å². The molecule has 4 rings (SSSR count). The van der Waals surface area contributed by atoms with Gasteiger partial charge in [0, 0.05) is 39.3 Å². The topological polar surface area (TPSA) is 297 Å². The van der Waals surface area contributed by atoms with Crippen LogP contribution in [-0.4, -0.2) is 82.9 Å². The minimum atomic E-state index is -0.684. The van der Waals surface area contributed by atoms with Crippen molar-refractivity contribution in [1.29, 1.82) is 0 Å². The molecule has 256 valence electrons. The molecule has 3 aromatic rings. The Morgan fingerprint density at radius 3 is 1.58 bits per heavy atom. The first kappa shape index (κ1) is 35.5. The molecular formula is C28H38Cl2N16O2. The average Bonchev–Trinajstić information content (AvgIpc) is 3.04. The molecule has 20 heteroatoms. The Hall–Kier alpha value is -5.36. The van der Waals surface area contributed by atoms with E-state index in [9.17, 15) is 9.59 Å². The first-order valence-corrected chi connectivity index (χ1v) is 15.7. The Labute approximate surface area is 286 Å². The van der Waals surface area contributed by atoms with Gasteiger partial charge >= 0.3 is 0 Å². The fraction of sp³-hybridized carbons (Fsp3) is 0.357. The number of rotatable bonds is 12. The lowest BCUT2D eigenvalue weighted by Crippen LogP contribution is -2.42. The van der Waals surface area contributed by atoms with Crippen molar-refractivity contribution in [3.05, 3.63) is 46.0 Å². The van der Waals surface area contributed by atoms with E-state index < -0.39 is 11.8 Å². The number of aromatic nitrogens is 4. The molecule has 0 radical (unpaired) electrons. The maximum absolute atomic E-state index is 12.4. The first-order chi connectivity index (χ1) is 22.9. The van der Waals surface area contributed by atoms with Gasteiger partial charge in [0.2, 0.25) is 0 Å². The normalized spacial score (nSPS) is 13.3. The Balaban J connectivity index is 1.18. The second kappa shape index (κ2) is 16.5. The lowest BCUT2D eigenvalue weighted by molar-refractivity contribution is 0.0964. The van der Waals surface area contributed by atoms with Crippen LogP contribution in [0.2, 0.25) is 10.3 Å². The molecule has 18 nitrogen and oxygen atoms in total. The fourth-order valence-electron chi connectivity index (χ4n) is 4.85. The molecule has 0 unspecified atom stereocenters. The summed E-state index contributed by atoms with van der Waals surface area (Å²) < 4.78 is 0. The van der Waals surface area contributed by atoms with Crippen molar-refractivity contribution in [2.45, 2.75) is 25.7 Å². The van der Waals surface area contributed by atoms with Gasteiger partial charge in [0.1, 0.15) is 0 Å². The zero-order valence-electron chi connectivity index (χ0n) is 26.0. The van der Waals surface area contributed by atoms with Gasteiger partial charge in [0.15, 0.2) is 56.9 Å². The van der Waals surface area contributed by atoms with Gasteiger partial charge in [-0.1, -0.05) is 35.3 Å². The van der Waals surface area contributed by atoms with E-state index in [2.05, 4.69) is 62.5 Å². The van der Waals surface area contributed by atoms with E-state index in [4.69, 9.17) is 57.6 Å². The number of halogens is 2. The number of carbonyl (C=O) groups excluding carboxylic acids is 2. The lowest BCUT2D eigenvalue weighted by Gasteiger charge is -2.39. The van der Waals surface area contributed by atoms with Gasteiger partial charge in [0.05, 0.1) is 11.4 Å². The molecule has 1 aromatic carbocycles. The molecule has 2 aromatic heterocycles. The molecule has 0 saturated carbocycles. The average molecular weight is 702 g/mol. The van der Waals surface area contributed by atoms with Crippen LogP contribution in [0.4, 0.5) is 34.6 Å². The third-order valence-corrected chi connectivity index (χ3v) is 7.72. The van der Waals surface area contributed by atoms with Crippen LogP contribution in [-0.2, 0) is 0 Å². The summed E-state index contributed by atoms with van der Waals surface area (Å²) in [6.45, 7) is 4.18. The smallest absolute Gasteiger partial charge is 0.280 e. The standard InChI is InChI=1S/C28H38Cl2N16O2/c29-19-23(33)41-21(31)17(39-19)25(47)43-27(35)37-9-4-1-5-11-45-13-14-46(16-8-3-2-7-15(16)45)12-6-10-38-28(36)44-26(48)18-22(32)42-24(34)20(30)40-18/h2-3,7-8H,1,4-6,9-14H2,(H4,31,33,41)(H4,32,34,42)(H3,35,37,43,47)(H3,36,38,44,48). The minimum Gasteiger partial charge on any atom is -0.382 e. The molecule has 1 aliphatic heterocycles. The highest BCUT2D eigenvalue weighted by Gasteiger charge is 2.22. The van der Waals surface area contributed by atoms with Crippen molar-refractivity contribution in [3.8, 4) is 0 Å². The maximum atomic E-state index is 12.4. The third kappa shape index (κ3) is 9.35. The first-order valence-electron chi connectivity index (χ1n) is 14.9. The van der Waals surface area contributed by atoms with Crippen molar-refractivity contribution < 1.29 is 9.59 Å². The van der Waals surface area contributed by atoms with Crippen LogP contribution in [0.5, 0.6) is 0 Å². The number of aliphatic imine (C=N–C) groups is 2. The number of nitrogens with two attached hydrogens (primary N) is 6. The maximum Gasteiger partial charge on any atom is 0.280 e. The van der Waals surface area contributed by atoms with Crippen LogP contribution in [0, 0.1) is 0 Å². The summed E-state index contributed by atoms with van der Waals surface area (Å²) in [5.74, 6) is -1.95. The number of unbranched alkanes of at least 4 members (excludes halogenated alkanes) is 2. The highest BCUT2D eigenvalue weighted by molar-refractivity contribution is 6.32. The molecule has 3 heterocycles. The van der Waals surface area contributed by atoms with Crippen LogP contribution in [0.25, 0.3) is 0 Å². The van der Waals surface area contributed by atoms with Gasteiger partial charge in [-0.3, -0.25) is 30.2 Å². The minimum absolute atomic E-state index is 0.0547. The number of hydrogen-bond acceptors (Lipinski definition) is 14. The molecule has 0 aliphatic carbocycles. The Morgan fingerprint density at radius 2 is 1.10 bits per heavy atom. The Kier molecular flexibility index (Phi) is 12.2. The van der Waals surface area contributed by atoms with Gasteiger partial charge in [-0.15, -0.1) is 0 Å². The number of hydrogen-bond donors (Lipinski definition) is 8. The number of guanidine groups is 2. The predicted octanol–water partition coefficient (Wildman–Crippen LogP) is 0.578. The van der Waals surface area contributed by atoms with Crippen molar-refractivity contribution in [3.63, 3.8) is 0 Å². The van der Waals surface area contributed by atoms with E-state index >= 15 is 0 Å². The number of benzene rings is 1. The summed E-state index contributed by atoms with van der Waals surface area (Å²) in [5.41, 5.74) is 36.2. The molecule has 2 amide bonds. The molecule has 1 aliphatic rings. The van der Waals surface area contributed by atoms with E-state index in [1.54, 1.807) is 0 Å². The van der Waals surface area contributed by atoms with Gasteiger partial charge in [0.25, 0.3) is 11.8 Å². The van der Waals surface area contributed by atoms with Crippen molar-refractivity contribution in [2.75, 3.05) is 72.0 Å². The SMILES string of the molecule is NC(=NCCCCCN1CCN(CCCN=C(N)NC(=O)c2nc(Cl)c(N)nc2N)c2ccccc21)NC(=O)c1nc(Cl)c(N)nc1N. The number of fused-ring (bicyclic) bond motifs is 1. The predicted molar refractivity (Wildman–Crippen MR) is 189 cm³/mol. The van der Waals surface area contributed by atoms with E-state index in [1.807, 2.05) is 12.1 Å². The molecule has 48 heavy (non-hydrogen) atoms. The van der Waals surface area contributed by atoms with Gasteiger partial charge < -0.3 is 44.2 Å². The summed E-state index contributed by atoms with van der Waals surface area (Å²) in [6, 6.07) is 8.26. The number of nitrogens with one attached hydrogen (secondary N) is 2. The fourth-order valence-corrected chi connectivity index (χ4v) is 5.10. The van der Waals surface area contributed by atoms with E-state index in [0.29, 0.717) is 19.5 Å².